The molecule has 0 aliphatic rings. The van der Waals surface area contributed by atoms with Crippen LogP contribution in [0, 0.1) is 0 Å². The lowest BCUT2D eigenvalue weighted by Gasteiger charge is -2.07. The molecular formula is C20H19NO3. The van der Waals surface area contributed by atoms with E-state index in [-0.39, 0.29) is 5.91 Å². The third kappa shape index (κ3) is 4.12. The zero-order valence-corrected chi connectivity index (χ0v) is 13.2. The number of hydrogen-bond donors (Lipinski definition) is 2. The molecule has 2 aromatic carbocycles. The van der Waals surface area contributed by atoms with Crippen molar-refractivity contribution in [2.75, 3.05) is 6.54 Å². The van der Waals surface area contributed by atoms with E-state index in [1.165, 1.54) is 6.08 Å². The number of rotatable bonds is 6. The molecule has 0 saturated carbocycles. The Bertz CT molecular complexity index is 803. The molecular weight excluding hydrogens is 302 g/mol. The van der Waals surface area contributed by atoms with Gasteiger partial charge in [-0.25, -0.2) is 0 Å². The maximum atomic E-state index is 11.8. The molecule has 0 fully saturated rings. The lowest BCUT2D eigenvalue weighted by molar-refractivity contribution is -0.116. The van der Waals surface area contributed by atoms with Gasteiger partial charge >= 0.3 is 0 Å². The van der Waals surface area contributed by atoms with E-state index < -0.39 is 6.10 Å². The van der Waals surface area contributed by atoms with E-state index in [4.69, 9.17) is 4.42 Å². The summed E-state index contributed by atoms with van der Waals surface area (Å²) in [4.78, 5) is 11.8. The van der Waals surface area contributed by atoms with Crippen molar-refractivity contribution in [3.63, 3.8) is 0 Å². The molecule has 2 N–H and O–H groups in total. The minimum atomic E-state index is -0.740. The SMILES string of the molecule is O=C(/C=C/c1ccccc1)NCC[C@H](O)c1cc2ccccc2o1. The molecule has 4 heteroatoms. The van der Waals surface area contributed by atoms with Gasteiger partial charge < -0.3 is 14.8 Å². The molecule has 1 aromatic heterocycles. The summed E-state index contributed by atoms with van der Waals surface area (Å²) < 4.78 is 5.62. The van der Waals surface area contributed by atoms with Gasteiger partial charge in [-0.15, -0.1) is 0 Å². The third-order valence-corrected chi connectivity index (χ3v) is 3.72. The number of para-hydroxylation sites is 1. The highest BCUT2D eigenvalue weighted by Crippen LogP contribution is 2.25. The van der Waals surface area contributed by atoms with Crippen molar-refractivity contribution >= 4 is 23.0 Å². The van der Waals surface area contributed by atoms with Crippen LogP contribution in [0.3, 0.4) is 0 Å². The topological polar surface area (TPSA) is 62.5 Å². The number of carbonyl (C=O) groups excluding carboxylic acids is 1. The Labute approximate surface area is 140 Å². The largest absolute Gasteiger partial charge is 0.458 e. The van der Waals surface area contributed by atoms with Gasteiger partial charge in [-0.3, -0.25) is 4.79 Å². The standard InChI is InChI=1S/C20H19NO3/c22-17(19-14-16-8-4-5-9-18(16)24-19)12-13-21-20(23)11-10-15-6-2-1-3-7-15/h1-11,14,17,22H,12-13H2,(H,21,23)/b11-10+/t17-/m0/s1. The van der Waals surface area contributed by atoms with E-state index in [0.29, 0.717) is 18.7 Å². The Balaban J connectivity index is 1.48. The highest BCUT2D eigenvalue weighted by atomic mass is 16.4. The first-order chi connectivity index (χ1) is 11.7. The summed E-state index contributed by atoms with van der Waals surface area (Å²) in [5, 5.41) is 13.9. The van der Waals surface area contributed by atoms with E-state index in [1.807, 2.05) is 60.7 Å². The summed E-state index contributed by atoms with van der Waals surface area (Å²) in [6.45, 7) is 0.371. The van der Waals surface area contributed by atoms with Gasteiger partial charge in [0.05, 0.1) is 0 Å². The summed E-state index contributed by atoms with van der Waals surface area (Å²) >= 11 is 0. The summed E-state index contributed by atoms with van der Waals surface area (Å²) in [5.41, 5.74) is 1.72. The molecule has 0 spiro atoms. The first kappa shape index (κ1) is 16.0. The molecule has 0 bridgehead atoms. The van der Waals surface area contributed by atoms with Crippen LogP contribution >= 0.6 is 0 Å². The number of nitrogens with one attached hydrogen (secondary N) is 1. The van der Waals surface area contributed by atoms with Crippen molar-refractivity contribution in [1.29, 1.82) is 0 Å². The number of fused-ring (bicyclic) bond motifs is 1. The Morgan fingerprint density at radius 1 is 1.12 bits per heavy atom. The first-order valence-corrected chi connectivity index (χ1v) is 7.90. The summed E-state index contributed by atoms with van der Waals surface area (Å²) in [5.74, 6) is 0.334. The van der Waals surface area contributed by atoms with Crippen molar-refractivity contribution in [3.8, 4) is 0 Å². The minimum Gasteiger partial charge on any atom is -0.458 e. The van der Waals surface area contributed by atoms with Gasteiger partial charge in [-0.05, 0) is 30.2 Å². The third-order valence-electron chi connectivity index (χ3n) is 3.72. The van der Waals surface area contributed by atoms with Gasteiger partial charge in [0.1, 0.15) is 17.4 Å². The van der Waals surface area contributed by atoms with Crippen molar-refractivity contribution in [2.24, 2.45) is 0 Å². The van der Waals surface area contributed by atoms with Crippen LogP contribution in [0.4, 0.5) is 0 Å². The second kappa shape index (κ2) is 7.62. The second-order valence-electron chi connectivity index (χ2n) is 5.53. The van der Waals surface area contributed by atoms with Crippen LogP contribution in [-0.2, 0) is 4.79 Å². The number of aliphatic hydroxyl groups is 1. The highest BCUT2D eigenvalue weighted by molar-refractivity contribution is 5.91. The summed E-state index contributed by atoms with van der Waals surface area (Å²) in [7, 11) is 0. The lowest BCUT2D eigenvalue weighted by Crippen LogP contribution is -2.23. The number of hydrogen-bond acceptors (Lipinski definition) is 3. The lowest BCUT2D eigenvalue weighted by atomic mass is 10.2. The molecule has 0 aliphatic heterocycles. The van der Waals surface area contributed by atoms with E-state index in [1.54, 1.807) is 6.08 Å². The van der Waals surface area contributed by atoms with Crippen molar-refractivity contribution in [2.45, 2.75) is 12.5 Å². The smallest absolute Gasteiger partial charge is 0.244 e. The van der Waals surface area contributed by atoms with E-state index in [2.05, 4.69) is 5.32 Å². The maximum absolute atomic E-state index is 11.8. The van der Waals surface area contributed by atoms with Crippen LogP contribution in [0.25, 0.3) is 17.0 Å². The average molecular weight is 321 g/mol. The fourth-order valence-corrected chi connectivity index (χ4v) is 2.44. The van der Waals surface area contributed by atoms with E-state index in [9.17, 15) is 9.90 Å². The zero-order valence-electron chi connectivity index (χ0n) is 13.2. The van der Waals surface area contributed by atoms with Crippen molar-refractivity contribution in [3.05, 3.63) is 78.1 Å². The van der Waals surface area contributed by atoms with Gasteiger partial charge in [-0.2, -0.15) is 0 Å². The molecule has 1 heterocycles. The number of aliphatic hydroxyl groups excluding tert-OH is 1. The number of carbonyl (C=O) groups is 1. The van der Waals surface area contributed by atoms with Crippen LogP contribution in [-0.4, -0.2) is 17.6 Å². The molecule has 0 saturated heterocycles. The maximum Gasteiger partial charge on any atom is 0.244 e. The van der Waals surface area contributed by atoms with Crippen molar-refractivity contribution in [1.82, 2.24) is 5.32 Å². The Morgan fingerprint density at radius 2 is 1.88 bits per heavy atom. The summed E-state index contributed by atoms with van der Waals surface area (Å²) in [6.07, 6.45) is 2.90. The van der Waals surface area contributed by atoms with Crippen LogP contribution in [0.15, 0.2) is 71.2 Å². The normalized spacial score (nSPS) is 12.5. The number of benzene rings is 2. The Hall–Kier alpha value is -2.85. The van der Waals surface area contributed by atoms with Gasteiger partial charge in [0.2, 0.25) is 5.91 Å². The van der Waals surface area contributed by atoms with Gasteiger partial charge in [0.25, 0.3) is 0 Å². The monoisotopic (exact) mass is 321 g/mol. The molecule has 1 amide bonds. The molecule has 3 aromatic rings. The molecule has 0 aliphatic carbocycles. The fourth-order valence-electron chi connectivity index (χ4n) is 2.44. The number of furan rings is 1. The van der Waals surface area contributed by atoms with E-state index in [0.717, 1.165) is 16.5 Å². The van der Waals surface area contributed by atoms with Gasteiger partial charge in [0.15, 0.2) is 0 Å². The van der Waals surface area contributed by atoms with Gasteiger partial charge in [-0.1, -0.05) is 48.5 Å². The van der Waals surface area contributed by atoms with Crippen LogP contribution in [0.1, 0.15) is 23.8 Å². The van der Waals surface area contributed by atoms with Crippen LogP contribution in [0.2, 0.25) is 0 Å². The zero-order chi connectivity index (χ0) is 16.8. The quantitative estimate of drug-likeness (QED) is 0.681. The molecule has 122 valence electrons. The number of amides is 1. The molecule has 0 radical (unpaired) electrons. The minimum absolute atomic E-state index is 0.185. The molecule has 0 unspecified atom stereocenters. The first-order valence-electron chi connectivity index (χ1n) is 7.90. The molecule has 4 nitrogen and oxygen atoms in total. The molecule has 1 atom stereocenters. The van der Waals surface area contributed by atoms with Crippen molar-refractivity contribution < 1.29 is 14.3 Å². The predicted octanol–water partition coefficient (Wildman–Crippen LogP) is 3.69. The Morgan fingerprint density at radius 3 is 2.67 bits per heavy atom. The van der Waals surface area contributed by atoms with Gasteiger partial charge in [0, 0.05) is 18.0 Å². The fraction of sp³-hybridized carbons (Fsp3) is 0.150. The second-order valence-corrected chi connectivity index (χ2v) is 5.53. The van der Waals surface area contributed by atoms with Crippen LogP contribution < -0.4 is 5.32 Å². The summed E-state index contributed by atoms with van der Waals surface area (Å²) in [6, 6.07) is 19.1. The predicted molar refractivity (Wildman–Crippen MR) is 94.3 cm³/mol. The van der Waals surface area contributed by atoms with Crippen LogP contribution in [0.5, 0.6) is 0 Å². The Kier molecular flexibility index (Phi) is 5.08. The highest BCUT2D eigenvalue weighted by Gasteiger charge is 2.13. The average Bonchev–Trinajstić information content (AvgIpc) is 3.05. The molecule has 3 rings (SSSR count). The molecule has 24 heavy (non-hydrogen) atoms. The van der Waals surface area contributed by atoms with E-state index >= 15 is 0 Å².